The topological polar surface area (TPSA) is 63.4 Å². The molecule has 1 heterocycles. The molecule has 12 heavy (non-hydrogen) atoms. The van der Waals surface area contributed by atoms with Crippen molar-refractivity contribution in [2.45, 2.75) is 12.8 Å². The molecule has 0 aromatic heterocycles. The van der Waals surface area contributed by atoms with Gasteiger partial charge in [0.25, 0.3) is 0 Å². The van der Waals surface area contributed by atoms with Gasteiger partial charge in [0.2, 0.25) is 10.0 Å². The molecule has 1 saturated heterocycles. The van der Waals surface area contributed by atoms with Gasteiger partial charge in [-0.25, -0.2) is 12.7 Å². The Morgan fingerprint density at radius 3 is 2.50 bits per heavy atom. The Kier molecular flexibility index (Phi) is 5.08. The van der Waals surface area contributed by atoms with E-state index in [1.807, 2.05) is 0 Å². The third-order valence-corrected chi connectivity index (χ3v) is 3.77. The standard InChI is InChI=1S/C6H14N2O2S.ClH/c7-3-1-4-8-5-2-6-11(8,9)10;/h1-7H2;1H. The molecule has 0 aromatic rings. The average Bonchev–Trinajstić information content (AvgIpc) is 2.25. The SMILES string of the molecule is Cl.NCCCN1CCCS1(=O)=O. The van der Waals surface area contributed by atoms with Crippen molar-refractivity contribution in [1.29, 1.82) is 0 Å². The number of halogens is 1. The van der Waals surface area contributed by atoms with E-state index in [-0.39, 0.29) is 12.4 Å². The van der Waals surface area contributed by atoms with Crippen molar-refractivity contribution in [2.75, 3.05) is 25.4 Å². The molecule has 0 unspecified atom stereocenters. The average molecular weight is 215 g/mol. The van der Waals surface area contributed by atoms with Gasteiger partial charge in [0, 0.05) is 13.1 Å². The van der Waals surface area contributed by atoms with E-state index in [1.54, 1.807) is 0 Å². The first kappa shape index (κ1) is 12.2. The minimum absolute atomic E-state index is 0. The van der Waals surface area contributed by atoms with Gasteiger partial charge in [-0.3, -0.25) is 0 Å². The van der Waals surface area contributed by atoms with Crippen LogP contribution in [0.4, 0.5) is 0 Å². The van der Waals surface area contributed by atoms with Crippen molar-refractivity contribution in [3.05, 3.63) is 0 Å². The molecule has 1 rings (SSSR count). The van der Waals surface area contributed by atoms with E-state index in [4.69, 9.17) is 5.73 Å². The molecule has 0 spiro atoms. The van der Waals surface area contributed by atoms with E-state index in [9.17, 15) is 8.42 Å². The molecule has 0 amide bonds. The molecule has 0 bridgehead atoms. The molecule has 4 nitrogen and oxygen atoms in total. The smallest absolute Gasteiger partial charge is 0.214 e. The molecular formula is C6H15ClN2O2S. The third-order valence-electron chi connectivity index (χ3n) is 1.81. The van der Waals surface area contributed by atoms with Crippen molar-refractivity contribution < 1.29 is 8.42 Å². The molecule has 2 N–H and O–H groups in total. The highest BCUT2D eigenvalue weighted by Gasteiger charge is 2.26. The second-order valence-electron chi connectivity index (χ2n) is 2.71. The molecule has 0 atom stereocenters. The molecule has 0 saturated carbocycles. The highest BCUT2D eigenvalue weighted by molar-refractivity contribution is 7.89. The highest BCUT2D eigenvalue weighted by Crippen LogP contribution is 2.12. The summed E-state index contributed by atoms with van der Waals surface area (Å²) in [5.74, 6) is 0.317. The van der Waals surface area contributed by atoms with Crippen LogP contribution in [0.1, 0.15) is 12.8 Å². The first-order valence-corrected chi connectivity index (χ1v) is 5.45. The van der Waals surface area contributed by atoms with Gasteiger partial charge in [0.15, 0.2) is 0 Å². The predicted octanol–water partition coefficient (Wildman–Crippen LogP) is -0.207. The lowest BCUT2D eigenvalue weighted by Gasteiger charge is -2.12. The number of hydrogen-bond donors (Lipinski definition) is 1. The lowest BCUT2D eigenvalue weighted by Crippen LogP contribution is -2.28. The molecule has 0 aliphatic carbocycles. The number of sulfonamides is 1. The molecule has 74 valence electrons. The maximum Gasteiger partial charge on any atom is 0.214 e. The van der Waals surface area contributed by atoms with Crippen molar-refractivity contribution in [2.24, 2.45) is 5.73 Å². The van der Waals surface area contributed by atoms with Crippen LogP contribution in [-0.2, 0) is 10.0 Å². The zero-order valence-electron chi connectivity index (χ0n) is 6.90. The van der Waals surface area contributed by atoms with Gasteiger partial charge in [0.05, 0.1) is 5.75 Å². The maximum absolute atomic E-state index is 11.2. The molecule has 0 radical (unpaired) electrons. The zero-order chi connectivity index (χ0) is 8.32. The summed E-state index contributed by atoms with van der Waals surface area (Å²) in [7, 11) is -2.88. The van der Waals surface area contributed by atoms with E-state index in [1.165, 1.54) is 4.31 Å². The fourth-order valence-corrected chi connectivity index (χ4v) is 2.78. The Morgan fingerprint density at radius 2 is 2.08 bits per heavy atom. The summed E-state index contributed by atoms with van der Waals surface area (Å²) in [6.45, 7) is 1.84. The Labute approximate surface area is 79.6 Å². The van der Waals surface area contributed by atoms with Crippen LogP contribution in [0.2, 0.25) is 0 Å². The number of nitrogens with zero attached hydrogens (tertiary/aromatic N) is 1. The normalized spacial score (nSPS) is 22.1. The summed E-state index contributed by atoms with van der Waals surface area (Å²) in [6, 6.07) is 0. The fraction of sp³-hybridized carbons (Fsp3) is 1.00. The predicted molar refractivity (Wildman–Crippen MR) is 50.9 cm³/mol. The maximum atomic E-state index is 11.2. The van der Waals surface area contributed by atoms with Crippen LogP contribution in [0.5, 0.6) is 0 Å². The lowest BCUT2D eigenvalue weighted by molar-refractivity contribution is 0.438. The minimum Gasteiger partial charge on any atom is -0.330 e. The summed E-state index contributed by atoms with van der Waals surface area (Å²) < 4.78 is 23.8. The van der Waals surface area contributed by atoms with Gasteiger partial charge in [-0.05, 0) is 19.4 Å². The van der Waals surface area contributed by atoms with Crippen LogP contribution in [-0.4, -0.2) is 38.1 Å². The Balaban J connectivity index is 0.00000121. The van der Waals surface area contributed by atoms with Crippen LogP contribution < -0.4 is 5.73 Å². The van der Waals surface area contributed by atoms with Gasteiger partial charge < -0.3 is 5.73 Å². The van der Waals surface area contributed by atoms with Crippen LogP contribution in [0.25, 0.3) is 0 Å². The largest absolute Gasteiger partial charge is 0.330 e. The first-order valence-electron chi connectivity index (χ1n) is 3.85. The Morgan fingerprint density at radius 1 is 1.42 bits per heavy atom. The number of nitrogens with two attached hydrogens (primary N) is 1. The van der Waals surface area contributed by atoms with E-state index < -0.39 is 10.0 Å². The molecular weight excluding hydrogens is 200 g/mol. The monoisotopic (exact) mass is 214 g/mol. The zero-order valence-corrected chi connectivity index (χ0v) is 8.53. The second-order valence-corrected chi connectivity index (χ2v) is 4.80. The van der Waals surface area contributed by atoms with Gasteiger partial charge in [-0.15, -0.1) is 12.4 Å². The summed E-state index contributed by atoms with van der Waals surface area (Å²) in [5, 5.41) is 0. The van der Waals surface area contributed by atoms with E-state index in [2.05, 4.69) is 0 Å². The summed E-state index contributed by atoms with van der Waals surface area (Å²) >= 11 is 0. The molecule has 6 heteroatoms. The van der Waals surface area contributed by atoms with Crippen molar-refractivity contribution in [3.63, 3.8) is 0 Å². The van der Waals surface area contributed by atoms with Gasteiger partial charge in [-0.2, -0.15) is 0 Å². The fourth-order valence-electron chi connectivity index (χ4n) is 1.21. The highest BCUT2D eigenvalue weighted by atomic mass is 35.5. The summed E-state index contributed by atoms with van der Waals surface area (Å²) in [6.07, 6.45) is 1.53. The Bertz CT molecular complexity index is 218. The summed E-state index contributed by atoms with van der Waals surface area (Å²) in [4.78, 5) is 0. The van der Waals surface area contributed by atoms with E-state index >= 15 is 0 Å². The van der Waals surface area contributed by atoms with Crippen LogP contribution in [0.3, 0.4) is 0 Å². The number of rotatable bonds is 3. The molecule has 1 aliphatic heterocycles. The van der Waals surface area contributed by atoms with Crippen molar-refractivity contribution >= 4 is 22.4 Å². The van der Waals surface area contributed by atoms with Crippen molar-refractivity contribution in [3.8, 4) is 0 Å². The first-order chi connectivity index (χ1) is 5.17. The van der Waals surface area contributed by atoms with Gasteiger partial charge >= 0.3 is 0 Å². The second kappa shape index (κ2) is 5.01. The number of hydrogen-bond acceptors (Lipinski definition) is 3. The Hall–Kier alpha value is 0.160. The quantitative estimate of drug-likeness (QED) is 0.708. The van der Waals surface area contributed by atoms with Crippen LogP contribution in [0, 0.1) is 0 Å². The van der Waals surface area contributed by atoms with E-state index in [0.29, 0.717) is 25.4 Å². The van der Waals surface area contributed by atoms with Crippen molar-refractivity contribution in [1.82, 2.24) is 4.31 Å². The summed E-state index contributed by atoms with van der Waals surface area (Å²) in [5.41, 5.74) is 5.27. The van der Waals surface area contributed by atoms with Crippen LogP contribution >= 0.6 is 12.4 Å². The minimum atomic E-state index is -2.88. The third kappa shape index (κ3) is 2.90. The lowest BCUT2D eigenvalue weighted by atomic mass is 10.4. The molecule has 1 fully saturated rings. The molecule has 1 aliphatic rings. The van der Waals surface area contributed by atoms with Gasteiger partial charge in [0.1, 0.15) is 0 Å². The molecule has 0 aromatic carbocycles. The van der Waals surface area contributed by atoms with Crippen LogP contribution in [0.15, 0.2) is 0 Å². The van der Waals surface area contributed by atoms with Gasteiger partial charge in [-0.1, -0.05) is 0 Å². The van der Waals surface area contributed by atoms with E-state index in [0.717, 1.165) is 12.8 Å².